The van der Waals surface area contributed by atoms with E-state index in [1.54, 1.807) is 31.3 Å². The molecule has 26 heavy (non-hydrogen) atoms. The number of hydrogen-bond acceptors (Lipinski definition) is 6. The predicted molar refractivity (Wildman–Crippen MR) is 95.1 cm³/mol. The molecular weight excluding hydrogens is 338 g/mol. The van der Waals surface area contributed by atoms with Gasteiger partial charge in [0, 0.05) is 44.2 Å². The molecule has 1 aliphatic carbocycles. The van der Waals surface area contributed by atoms with Gasteiger partial charge in [0.05, 0.1) is 39.1 Å². The van der Waals surface area contributed by atoms with E-state index < -0.39 is 0 Å². The Labute approximate surface area is 153 Å². The third-order valence-electron chi connectivity index (χ3n) is 5.94. The topological polar surface area (TPSA) is 77.5 Å². The number of amides is 1. The maximum Gasteiger partial charge on any atom is 0.257 e. The fourth-order valence-electron chi connectivity index (χ4n) is 4.21. The number of piperidine rings is 1. The second-order valence-corrected chi connectivity index (χ2v) is 6.91. The lowest BCUT2D eigenvalue weighted by molar-refractivity contribution is -0.199. The van der Waals surface area contributed by atoms with Crippen molar-refractivity contribution < 1.29 is 28.8 Å². The van der Waals surface area contributed by atoms with E-state index in [0.717, 1.165) is 12.8 Å². The Hall–Kier alpha value is -1.99. The Bertz CT molecular complexity index is 668. The SMILES string of the molecule is COc1cc(OC)c(C(=O)N2CCC3(CC2)[C@@H](O)C[C@H]3OC)cc1OC. The quantitative estimate of drug-likeness (QED) is 0.856. The fourth-order valence-corrected chi connectivity index (χ4v) is 4.21. The van der Waals surface area contributed by atoms with Crippen LogP contribution in [0.2, 0.25) is 0 Å². The van der Waals surface area contributed by atoms with Crippen molar-refractivity contribution in [2.75, 3.05) is 41.5 Å². The molecule has 3 rings (SSSR count). The number of methoxy groups -OCH3 is 4. The fraction of sp³-hybridized carbons (Fsp3) is 0.632. The van der Waals surface area contributed by atoms with Crippen molar-refractivity contribution in [1.82, 2.24) is 4.90 Å². The van der Waals surface area contributed by atoms with Gasteiger partial charge >= 0.3 is 0 Å². The van der Waals surface area contributed by atoms with Gasteiger partial charge < -0.3 is 29.0 Å². The van der Waals surface area contributed by atoms with Gasteiger partial charge in [0.1, 0.15) is 5.75 Å². The van der Waals surface area contributed by atoms with Crippen molar-refractivity contribution in [1.29, 1.82) is 0 Å². The summed E-state index contributed by atoms with van der Waals surface area (Å²) in [5, 5.41) is 10.2. The summed E-state index contributed by atoms with van der Waals surface area (Å²) in [5.74, 6) is 1.34. The van der Waals surface area contributed by atoms with Crippen LogP contribution < -0.4 is 14.2 Å². The van der Waals surface area contributed by atoms with Crippen molar-refractivity contribution >= 4 is 5.91 Å². The number of carbonyl (C=O) groups is 1. The third kappa shape index (κ3) is 2.89. The molecule has 144 valence electrons. The van der Waals surface area contributed by atoms with Crippen molar-refractivity contribution in [3.05, 3.63) is 17.7 Å². The summed E-state index contributed by atoms with van der Waals surface area (Å²) in [6, 6.07) is 3.31. The molecule has 1 spiro atoms. The lowest BCUT2D eigenvalue weighted by atomic mass is 9.58. The van der Waals surface area contributed by atoms with Crippen LogP contribution in [0.3, 0.4) is 0 Å². The molecule has 1 aliphatic heterocycles. The molecule has 1 aromatic carbocycles. The van der Waals surface area contributed by atoms with E-state index in [1.807, 2.05) is 0 Å². The number of likely N-dealkylation sites (tertiary alicyclic amines) is 1. The van der Waals surface area contributed by atoms with Gasteiger partial charge in [-0.2, -0.15) is 0 Å². The second-order valence-electron chi connectivity index (χ2n) is 6.91. The second kappa shape index (κ2) is 7.32. The van der Waals surface area contributed by atoms with Gasteiger partial charge in [0.15, 0.2) is 11.5 Å². The van der Waals surface area contributed by atoms with E-state index in [0.29, 0.717) is 42.3 Å². The molecular formula is C19H27NO6. The number of benzene rings is 1. The number of aliphatic hydroxyl groups is 1. The van der Waals surface area contributed by atoms with Crippen molar-refractivity contribution in [3.8, 4) is 17.2 Å². The predicted octanol–water partition coefficient (Wildman–Crippen LogP) is 1.71. The third-order valence-corrected chi connectivity index (χ3v) is 5.94. The molecule has 1 amide bonds. The Balaban J connectivity index is 1.78. The smallest absolute Gasteiger partial charge is 0.257 e. The zero-order chi connectivity index (χ0) is 18.9. The number of rotatable bonds is 5. The molecule has 1 saturated carbocycles. The zero-order valence-electron chi connectivity index (χ0n) is 15.8. The summed E-state index contributed by atoms with van der Waals surface area (Å²) < 4.78 is 21.5. The monoisotopic (exact) mass is 365 g/mol. The zero-order valence-corrected chi connectivity index (χ0v) is 15.8. The van der Waals surface area contributed by atoms with Gasteiger partial charge in [-0.25, -0.2) is 0 Å². The largest absolute Gasteiger partial charge is 0.496 e. The molecule has 1 saturated heterocycles. The van der Waals surface area contributed by atoms with Crippen LogP contribution in [-0.2, 0) is 4.74 Å². The molecule has 0 bridgehead atoms. The lowest BCUT2D eigenvalue weighted by Crippen LogP contribution is -2.62. The lowest BCUT2D eigenvalue weighted by Gasteiger charge is -2.56. The number of ether oxygens (including phenoxy) is 4. The maximum atomic E-state index is 13.1. The minimum Gasteiger partial charge on any atom is -0.496 e. The number of hydrogen-bond donors (Lipinski definition) is 1. The molecule has 1 aromatic rings. The highest BCUT2D eigenvalue weighted by Crippen LogP contribution is 2.51. The highest BCUT2D eigenvalue weighted by atomic mass is 16.5. The van der Waals surface area contributed by atoms with Crippen LogP contribution in [-0.4, -0.2) is 69.7 Å². The first-order valence-corrected chi connectivity index (χ1v) is 8.81. The Kier molecular flexibility index (Phi) is 5.29. The molecule has 1 heterocycles. The minimum absolute atomic E-state index is 0.0744. The minimum atomic E-state index is -0.347. The molecule has 2 atom stereocenters. The van der Waals surface area contributed by atoms with Crippen LogP contribution >= 0.6 is 0 Å². The number of aliphatic hydroxyl groups excluding tert-OH is 1. The Morgan fingerprint density at radius 2 is 1.62 bits per heavy atom. The van der Waals surface area contributed by atoms with E-state index in [1.165, 1.54) is 14.2 Å². The van der Waals surface area contributed by atoms with E-state index in [9.17, 15) is 9.90 Å². The first kappa shape index (κ1) is 18.8. The van der Waals surface area contributed by atoms with E-state index in [-0.39, 0.29) is 23.5 Å². The highest BCUT2D eigenvalue weighted by molar-refractivity contribution is 5.98. The standard InChI is InChI=1S/C19H27NO6/c1-23-13-10-15(25-3)14(24-2)9-12(13)18(22)20-7-5-19(6-8-20)16(21)11-17(19)26-4/h9-10,16-17,21H,5-8,11H2,1-4H3/t16-,17+/m0/s1. The Morgan fingerprint density at radius 1 is 1.04 bits per heavy atom. The van der Waals surface area contributed by atoms with Crippen LogP contribution in [0.15, 0.2) is 12.1 Å². The first-order valence-electron chi connectivity index (χ1n) is 8.81. The van der Waals surface area contributed by atoms with Crippen molar-refractivity contribution in [2.45, 2.75) is 31.5 Å². The van der Waals surface area contributed by atoms with Gasteiger partial charge in [-0.15, -0.1) is 0 Å². The summed E-state index contributed by atoms with van der Waals surface area (Å²) in [7, 11) is 6.28. The van der Waals surface area contributed by atoms with E-state index >= 15 is 0 Å². The first-order chi connectivity index (χ1) is 12.5. The van der Waals surface area contributed by atoms with Crippen LogP contribution in [0, 0.1) is 5.41 Å². The number of nitrogens with zero attached hydrogens (tertiary/aromatic N) is 1. The van der Waals surface area contributed by atoms with Gasteiger partial charge in [0.25, 0.3) is 5.91 Å². The van der Waals surface area contributed by atoms with Crippen molar-refractivity contribution in [2.24, 2.45) is 5.41 Å². The summed E-state index contributed by atoms with van der Waals surface area (Å²) in [4.78, 5) is 14.9. The number of carbonyl (C=O) groups excluding carboxylic acids is 1. The molecule has 0 aromatic heterocycles. The summed E-state index contributed by atoms with van der Waals surface area (Å²) in [6.45, 7) is 1.15. The summed E-state index contributed by atoms with van der Waals surface area (Å²) in [6.07, 6.45) is 1.86. The molecule has 2 aliphatic rings. The van der Waals surface area contributed by atoms with Crippen LogP contribution in [0.1, 0.15) is 29.6 Å². The van der Waals surface area contributed by atoms with Gasteiger partial charge in [-0.1, -0.05) is 0 Å². The van der Waals surface area contributed by atoms with Crippen LogP contribution in [0.4, 0.5) is 0 Å². The van der Waals surface area contributed by atoms with E-state index in [4.69, 9.17) is 18.9 Å². The molecule has 1 N–H and O–H groups in total. The van der Waals surface area contributed by atoms with Gasteiger partial charge in [-0.3, -0.25) is 4.79 Å². The van der Waals surface area contributed by atoms with Crippen LogP contribution in [0.5, 0.6) is 17.2 Å². The average Bonchev–Trinajstić information content (AvgIpc) is 2.70. The molecule has 7 nitrogen and oxygen atoms in total. The van der Waals surface area contributed by atoms with Crippen LogP contribution in [0.25, 0.3) is 0 Å². The molecule has 0 radical (unpaired) electrons. The normalized spacial score (nSPS) is 24.1. The maximum absolute atomic E-state index is 13.1. The van der Waals surface area contributed by atoms with Crippen molar-refractivity contribution in [3.63, 3.8) is 0 Å². The van der Waals surface area contributed by atoms with Gasteiger partial charge in [0.2, 0.25) is 0 Å². The highest BCUT2D eigenvalue weighted by Gasteiger charge is 2.56. The molecule has 0 unspecified atom stereocenters. The molecule has 7 heteroatoms. The Morgan fingerprint density at radius 3 is 2.12 bits per heavy atom. The van der Waals surface area contributed by atoms with Gasteiger partial charge in [-0.05, 0) is 12.8 Å². The summed E-state index contributed by atoms with van der Waals surface area (Å²) >= 11 is 0. The van der Waals surface area contributed by atoms with E-state index in [2.05, 4.69) is 0 Å². The average molecular weight is 365 g/mol. The molecule has 2 fully saturated rings. The summed E-state index contributed by atoms with van der Waals surface area (Å²) in [5.41, 5.74) is 0.228.